The molecule has 1 rings (SSSR count). The van der Waals surface area contributed by atoms with E-state index in [4.69, 9.17) is 4.74 Å². The molecule has 114 valence electrons. The standard InChI is InChI=1S/C8H8.C7H12O2.C4H6/c1-2-8-6-4-3-5-7-8;1-4-5-9-7(8)6(2)3;1-3-4-2/h2-7H,1H2;2,4-5H2,1,3H3;3-4H,1-2H2. The molecule has 0 aliphatic carbocycles. The van der Waals surface area contributed by atoms with Gasteiger partial charge in [0.15, 0.2) is 0 Å². The van der Waals surface area contributed by atoms with Crippen molar-refractivity contribution >= 4 is 12.0 Å². The van der Waals surface area contributed by atoms with E-state index in [9.17, 15) is 4.79 Å². The van der Waals surface area contributed by atoms with Crippen molar-refractivity contribution in [1.29, 1.82) is 0 Å². The molecule has 0 N–H and O–H groups in total. The minimum Gasteiger partial charge on any atom is -0.462 e. The Morgan fingerprint density at radius 1 is 1.14 bits per heavy atom. The lowest BCUT2D eigenvalue weighted by atomic mass is 10.2. The monoisotopic (exact) mass is 286 g/mol. The SMILES string of the molecule is C=C(C)C(=O)OCCC.C=CC=C.C=Cc1ccccc1. The molecule has 0 aromatic heterocycles. The summed E-state index contributed by atoms with van der Waals surface area (Å²) in [5.41, 5.74) is 1.64. The Balaban J connectivity index is 0. The first-order valence-corrected chi connectivity index (χ1v) is 6.77. The highest BCUT2D eigenvalue weighted by Crippen LogP contribution is 1.97. The Kier molecular flexibility index (Phi) is 15.7. The van der Waals surface area contributed by atoms with Gasteiger partial charge in [0.25, 0.3) is 0 Å². The number of hydrogen-bond donors (Lipinski definition) is 0. The minimum atomic E-state index is -0.295. The summed E-state index contributed by atoms with van der Waals surface area (Å²) in [4.78, 5) is 10.6. The summed E-state index contributed by atoms with van der Waals surface area (Å²) >= 11 is 0. The first-order valence-electron chi connectivity index (χ1n) is 6.77. The highest BCUT2D eigenvalue weighted by molar-refractivity contribution is 5.86. The predicted octanol–water partition coefficient (Wildman–Crippen LogP) is 5.20. The quantitative estimate of drug-likeness (QED) is 0.422. The van der Waals surface area contributed by atoms with Gasteiger partial charge in [0.05, 0.1) is 6.61 Å². The molecule has 0 spiro atoms. The van der Waals surface area contributed by atoms with Gasteiger partial charge in [-0.2, -0.15) is 0 Å². The lowest BCUT2D eigenvalue weighted by Crippen LogP contribution is -2.04. The maximum atomic E-state index is 10.6. The van der Waals surface area contributed by atoms with Gasteiger partial charge < -0.3 is 4.74 Å². The van der Waals surface area contributed by atoms with Gasteiger partial charge in [-0.25, -0.2) is 4.79 Å². The van der Waals surface area contributed by atoms with E-state index < -0.39 is 0 Å². The molecule has 21 heavy (non-hydrogen) atoms. The van der Waals surface area contributed by atoms with E-state index in [1.54, 1.807) is 19.1 Å². The Morgan fingerprint density at radius 2 is 1.67 bits per heavy atom. The summed E-state index contributed by atoms with van der Waals surface area (Å²) in [6.45, 7) is 17.9. The number of allylic oxidation sites excluding steroid dienone is 2. The molecule has 2 nitrogen and oxygen atoms in total. The zero-order valence-corrected chi connectivity index (χ0v) is 13.2. The number of ether oxygens (including phenoxy) is 1. The van der Waals surface area contributed by atoms with Crippen LogP contribution < -0.4 is 0 Å². The third-order valence-corrected chi connectivity index (χ3v) is 1.99. The second kappa shape index (κ2) is 15.7. The average molecular weight is 286 g/mol. The van der Waals surface area contributed by atoms with Gasteiger partial charge in [-0.05, 0) is 18.9 Å². The molecular weight excluding hydrogens is 260 g/mol. The molecular formula is C19H26O2. The Morgan fingerprint density at radius 3 is 1.95 bits per heavy atom. The Hall–Kier alpha value is -2.35. The van der Waals surface area contributed by atoms with Gasteiger partial charge in [-0.3, -0.25) is 0 Å². The first kappa shape index (κ1) is 21.0. The Labute approximate surface area is 129 Å². The second-order valence-electron chi connectivity index (χ2n) is 4.00. The van der Waals surface area contributed by atoms with E-state index in [-0.39, 0.29) is 5.97 Å². The number of esters is 1. The van der Waals surface area contributed by atoms with Gasteiger partial charge in [0.2, 0.25) is 0 Å². The van der Waals surface area contributed by atoms with Crippen molar-refractivity contribution in [3.8, 4) is 0 Å². The summed E-state index contributed by atoms with van der Waals surface area (Å²) in [7, 11) is 0. The summed E-state index contributed by atoms with van der Waals surface area (Å²) in [6.07, 6.45) is 5.97. The fourth-order valence-corrected chi connectivity index (χ4v) is 0.907. The highest BCUT2D eigenvalue weighted by atomic mass is 16.5. The van der Waals surface area contributed by atoms with E-state index in [1.807, 2.05) is 43.3 Å². The van der Waals surface area contributed by atoms with Crippen LogP contribution >= 0.6 is 0 Å². The van der Waals surface area contributed by atoms with Crippen LogP contribution in [0.5, 0.6) is 0 Å². The second-order valence-corrected chi connectivity index (χ2v) is 4.00. The topological polar surface area (TPSA) is 26.3 Å². The van der Waals surface area contributed by atoms with Crippen molar-refractivity contribution < 1.29 is 9.53 Å². The van der Waals surface area contributed by atoms with Crippen molar-refractivity contribution in [3.05, 3.63) is 79.9 Å². The number of carbonyl (C=O) groups excluding carboxylic acids is 1. The predicted molar refractivity (Wildman–Crippen MR) is 93.0 cm³/mol. The van der Waals surface area contributed by atoms with Crippen molar-refractivity contribution in [1.82, 2.24) is 0 Å². The zero-order chi connectivity index (χ0) is 16.5. The van der Waals surface area contributed by atoms with Crippen LogP contribution in [0.1, 0.15) is 25.8 Å². The van der Waals surface area contributed by atoms with Crippen LogP contribution in [-0.2, 0) is 9.53 Å². The third kappa shape index (κ3) is 15.6. The molecule has 1 aromatic carbocycles. The average Bonchev–Trinajstić information content (AvgIpc) is 2.54. The summed E-state index contributed by atoms with van der Waals surface area (Å²) in [6, 6.07) is 10.0. The molecule has 1 aromatic rings. The van der Waals surface area contributed by atoms with Gasteiger partial charge in [-0.15, -0.1) is 0 Å². The highest BCUT2D eigenvalue weighted by Gasteiger charge is 1.99. The number of rotatable bonds is 5. The van der Waals surface area contributed by atoms with Gasteiger partial charge >= 0.3 is 5.97 Å². The number of hydrogen-bond acceptors (Lipinski definition) is 2. The molecule has 0 fully saturated rings. The minimum absolute atomic E-state index is 0.295. The van der Waals surface area contributed by atoms with Crippen molar-refractivity contribution in [2.45, 2.75) is 20.3 Å². The molecule has 0 heterocycles. The van der Waals surface area contributed by atoms with E-state index in [0.29, 0.717) is 12.2 Å². The van der Waals surface area contributed by atoms with Crippen LogP contribution in [0.4, 0.5) is 0 Å². The molecule has 0 amide bonds. The molecule has 0 aliphatic heterocycles. The fraction of sp³-hybridized carbons (Fsp3) is 0.211. The lowest BCUT2D eigenvalue weighted by Gasteiger charge is -1.99. The molecule has 0 saturated carbocycles. The van der Waals surface area contributed by atoms with Crippen LogP contribution in [0.25, 0.3) is 6.08 Å². The lowest BCUT2D eigenvalue weighted by molar-refractivity contribution is -0.138. The molecule has 0 unspecified atom stereocenters. The van der Waals surface area contributed by atoms with Crippen LogP contribution in [0, 0.1) is 0 Å². The number of carbonyl (C=O) groups is 1. The van der Waals surface area contributed by atoms with E-state index in [0.717, 1.165) is 6.42 Å². The van der Waals surface area contributed by atoms with Crippen LogP contribution in [-0.4, -0.2) is 12.6 Å². The molecule has 0 saturated heterocycles. The van der Waals surface area contributed by atoms with Crippen LogP contribution in [0.15, 0.2) is 74.4 Å². The van der Waals surface area contributed by atoms with Gasteiger partial charge in [0.1, 0.15) is 0 Å². The van der Waals surface area contributed by atoms with Crippen LogP contribution in [0.2, 0.25) is 0 Å². The van der Waals surface area contributed by atoms with Crippen LogP contribution in [0.3, 0.4) is 0 Å². The third-order valence-electron chi connectivity index (χ3n) is 1.99. The van der Waals surface area contributed by atoms with E-state index in [2.05, 4.69) is 26.3 Å². The van der Waals surface area contributed by atoms with Crippen molar-refractivity contribution in [2.24, 2.45) is 0 Å². The van der Waals surface area contributed by atoms with E-state index in [1.165, 1.54) is 5.56 Å². The normalized spacial score (nSPS) is 7.90. The first-order chi connectivity index (χ1) is 10.0. The largest absolute Gasteiger partial charge is 0.462 e. The van der Waals surface area contributed by atoms with Crippen molar-refractivity contribution in [3.63, 3.8) is 0 Å². The molecule has 0 bridgehead atoms. The smallest absolute Gasteiger partial charge is 0.333 e. The summed E-state index contributed by atoms with van der Waals surface area (Å²) in [5, 5.41) is 0. The van der Waals surface area contributed by atoms with Gasteiger partial charge in [0, 0.05) is 5.57 Å². The van der Waals surface area contributed by atoms with Crippen molar-refractivity contribution in [2.75, 3.05) is 6.61 Å². The molecule has 0 atom stereocenters. The summed E-state index contributed by atoms with van der Waals surface area (Å²) < 4.78 is 4.71. The molecule has 2 heteroatoms. The molecule has 0 aliphatic rings. The zero-order valence-electron chi connectivity index (χ0n) is 13.2. The Bertz CT molecular complexity index is 424. The molecule has 0 radical (unpaired) electrons. The fourth-order valence-electron chi connectivity index (χ4n) is 0.907. The van der Waals surface area contributed by atoms with E-state index >= 15 is 0 Å². The van der Waals surface area contributed by atoms with Gasteiger partial charge in [-0.1, -0.05) is 81.8 Å². The number of benzene rings is 1. The maximum Gasteiger partial charge on any atom is 0.333 e. The summed E-state index contributed by atoms with van der Waals surface area (Å²) in [5.74, 6) is -0.295. The maximum absolute atomic E-state index is 10.6.